The average Bonchev–Trinajstić information content (AvgIpc) is 3.24. The predicted molar refractivity (Wildman–Crippen MR) is 136 cm³/mol. The van der Waals surface area contributed by atoms with E-state index in [1.807, 2.05) is 4.90 Å². The monoisotopic (exact) mass is 475 g/mol. The molecule has 35 heavy (non-hydrogen) atoms. The minimum Gasteiger partial charge on any atom is -0.493 e. The first kappa shape index (κ1) is 22.8. The molecular formula is C26H29N5O4. The number of fused-ring (bicyclic) bond motifs is 3. The van der Waals surface area contributed by atoms with Gasteiger partial charge >= 0.3 is 0 Å². The number of hydrogen-bond donors (Lipinski definition) is 1. The van der Waals surface area contributed by atoms with E-state index in [2.05, 4.69) is 46.9 Å². The van der Waals surface area contributed by atoms with Gasteiger partial charge in [0.1, 0.15) is 17.6 Å². The molecule has 1 saturated heterocycles. The van der Waals surface area contributed by atoms with Crippen molar-refractivity contribution in [2.45, 2.75) is 20.4 Å². The molecule has 1 fully saturated rings. The van der Waals surface area contributed by atoms with Gasteiger partial charge in [0.2, 0.25) is 5.91 Å². The maximum Gasteiger partial charge on any atom is 0.278 e. The highest BCUT2D eigenvalue weighted by molar-refractivity contribution is 6.05. The molecule has 0 radical (unpaired) electrons. The quantitative estimate of drug-likeness (QED) is 0.477. The Morgan fingerprint density at radius 1 is 1.03 bits per heavy atom. The fourth-order valence-electron chi connectivity index (χ4n) is 4.73. The summed E-state index contributed by atoms with van der Waals surface area (Å²) in [5.41, 5.74) is 4.99. The number of aromatic nitrogens is 3. The lowest BCUT2D eigenvalue weighted by Crippen LogP contribution is -2.50. The highest BCUT2D eigenvalue weighted by Gasteiger charge is 2.23. The molecule has 9 nitrogen and oxygen atoms in total. The van der Waals surface area contributed by atoms with Gasteiger partial charge in [-0.3, -0.25) is 14.2 Å². The van der Waals surface area contributed by atoms with Crippen molar-refractivity contribution >= 4 is 33.5 Å². The molecule has 0 saturated carbocycles. The number of aromatic amines is 1. The van der Waals surface area contributed by atoms with Gasteiger partial charge in [0, 0.05) is 43.3 Å². The zero-order valence-corrected chi connectivity index (χ0v) is 20.4. The van der Waals surface area contributed by atoms with E-state index in [4.69, 9.17) is 9.47 Å². The van der Waals surface area contributed by atoms with E-state index in [1.165, 1.54) is 27.7 Å². The highest BCUT2D eigenvalue weighted by Crippen LogP contribution is 2.34. The first-order valence-corrected chi connectivity index (χ1v) is 11.6. The van der Waals surface area contributed by atoms with Crippen LogP contribution in [0.5, 0.6) is 11.5 Å². The molecule has 3 heterocycles. The van der Waals surface area contributed by atoms with Crippen LogP contribution in [0.3, 0.4) is 0 Å². The van der Waals surface area contributed by atoms with Crippen LogP contribution in [-0.2, 0) is 11.3 Å². The van der Waals surface area contributed by atoms with Gasteiger partial charge in [0.05, 0.1) is 26.1 Å². The molecule has 2 aromatic carbocycles. The number of aryl methyl sites for hydroxylation is 2. The Hall–Kier alpha value is -4.01. The third-order valence-electron chi connectivity index (χ3n) is 6.72. The summed E-state index contributed by atoms with van der Waals surface area (Å²) in [5, 5.41) is 0.760. The Labute approximate surface area is 202 Å². The third-order valence-corrected chi connectivity index (χ3v) is 6.72. The zero-order valence-electron chi connectivity index (χ0n) is 20.4. The van der Waals surface area contributed by atoms with E-state index < -0.39 is 0 Å². The summed E-state index contributed by atoms with van der Waals surface area (Å²) in [7, 11) is 3.12. The van der Waals surface area contributed by atoms with Crippen molar-refractivity contribution in [3.8, 4) is 11.5 Å². The number of benzene rings is 2. The van der Waals surface area contributed by atoms with Crippen molar-refractivity contribution in [3.63, 3.8) is 0 Å². The summed E-state index contributed by atoms with van der Waals surface area (Å²) in [6.45, 7) is 6.89. The Kier molecular flexibility index (Phi) is 5.84. The van der Waals surface area contributed by atoms with Crippen LogP contribution in [0.15, 0.2) is 41.5 Å². The number of anilines is 1. The topological polar surface area (TPSA) is 92.7 Å². The second-order valence-electron chi connectivity index (χ2n) is 8.94. The van der Waals surface area contributed by atoms with Crippen LogP contribution in [0.2, 0.25) is 0 Å². The number of hydrogen-bond acceptors (Lipinski definition) is 6. The number of methoxy groups -OCH3 is 2. The van der Waals surface area contributed by atoms with Gasteiger partial charge in [0.25, 0.3) is 5.56 Å². The molecule has 4 aromatic rings. The smallest absolute Gasteiger partial charge is 0.278 e. The molecule has 9 heteroatoms. The van der Waals surface area contributed by atoms with Crippen LogP contribution >= 0.6 is 0 Å². The first-order chi connectivity index (χ1) is 16.9. The number of amides is 1. The lowest BCUT2D eigenvalue weighted by molar-refractivity contribution is -0.132. The SMILES string of the molecule is COc1cc2[nH]c3c(=O)n(CC(=O)N4CCN(c5cc(C)ccc5C)CC4)cnc3c2cc1OC. The Balaban J connectivity index is 1.34. The lowest BCUT2D eigenvalue weighted by Gasteiger charge is -2.37. The molecule has 5 rings (SSSR count). The highest BCUT2D eigenvalue weighted by atomic mass is 16.5. The van der Waals surface area contributed by atoms with E-state index >= 15 is 0 Å². The number of ether oxygens (including phenoxy) is 2. The molecule has 0 bridgehead atoms. The number of piperazine rings is 1. The van der Waals surface area contributed by atoms with Crippen LogP contribution in [0.1, 0.15) is 11.1 Å². The standard InChI is InChI=1S/C26H29N5O4/c1-16-5-6-17(2)20(11-16)29-7-9-30(10-8-29)23(32)14-31-15-27-24-18-12-21(34-3)22(35-4)13-19(18)28-25(24)26(31)33/h5-6,11-13,15,28H,7-10,14H2,1-4H3. The van der Waals surface area contributed by atoms with Gasteiger partial charge in [-0.1, -0.05) is 12.1 Å². The molecule has 0 spiro atoms. The Morgan fingerprint density at radius 3 is 2.46 bits per heavy atom. The number of carbonyl (C=O) groups is 1. The van der Waals surface area contributed by atoms with E-state index in [0.717, 1.165) is 18.5 Å². The average molecular weight is 476 g/mol. The van der Waals surface area contributed by atoms with E-state index in [9.17, 15) is 9.59 Å². The van der Waals surface area contributed by atoms with Crippen LogP contribution in [-0.4, -0.2) is 65.7 Å². The number of carbonyl (C=O) groups excluding carboxylic acids is 1. The van der Waals surface area contributed by atoms with Crippen molar-refractivity contribution < 1.29 is 14.3 Å². The Morgan fingerprint density at radius 2 is 1.74 bits per heavy atom. The van der Waals surface area contributed by atoms with Gasteiger partial charge in [-0.2, -0.15) is 0 Å². The normalized spacial score (nSPS) is 14.1. The molecule has 182 valence electrons. The van der Waals surface area contributed by atoms with Crippen molar-refractivity contribution in [2.75, 3.05) is 45.3 Å². The van der Waals surface area contributed by atoms with Crippen molar-refractivity contribution in [1.82, 2.24) is 19.4 Å². The van der Waals surface area contributed by atoms with Gasteiger partial charge in [-0.05, 0) is 37.1 Å². The molecule has 1 aliphatic heterocycles. The van der Waals surface area contributed by atoms with Gasteiger partial charge in [0.15, 0.2) is 11.5 Å². The second kappa shape index (κ2) is 8.98. The van der Waals surface area contributed by atoms with Crippen LogP contribution < -0.4 is 19.9 Å². The molecular weight excluding hydrogens is 446 g/mol. The first-order valence-electron chi connectivity index (χ1n) is 11.6. The van der Waals surface area contributed by atoms with Gasteiger partial charge < -0.3 is 24.3 Å². The van der Waals surface area contributed by atoms with Gasteiger partial charge in [-0.15, -0.1) is 0 Å². The van der Waals surface area contributed by atoms with Crippen LogP contribution in [0, 0.1) is 13.8 Å². The molecule has 2 aromatic heterocycles. The summed E-state index contributed by atoms with van der Waals surface area (Å²) in [6, 6.07) is 10.0. The number of nitrogens with zero attached hydrogens (tertiary/aromatic N) is 4. The Bertz CT molecular complexity index is 1480. The molecule has 0 unspecified atom stereocenters. The minimum absolute atomic E-state index is 0.0484. The van der Waals surface area contributed by atoms with E-state index in [1.54, 1.807) is 26.4 Å². The molecule has 0 aliphatic carbocycles. The fourth-order valence-corrected chi connectivity index (χ4v) is 4.73. The molecule has 1 N–H and O–H groups in total. The lowest BCUT2D eigenvalue weighted by atomic mass is 10.1. The summed E-state index contributed by atoms with van der Waals surface area (Å²) >= 11 is 0. The molecule has 1 aliphatic rings. The van der Waals surface area contributed by atoms with E-state index in [-0.39, 0.29) is 18.0 Å². The predicted octanol–water partition coefficient (Wildman–Crippen LogP) is 2.86. The van der Waals surface area contributed by atoms with Crippen molar-refractivity contribution in [2.24, 2.45) is 0 Å². The molecule has 0 atom stereocenters. The largest absolute Gasteiger partial charge is 0.493 e. The minimum atomic E-state index is -0.286. The summed E-state index contributed by atoms with van der Waals surface area (Å²) in [5.74, 6) is 1.03. The fraction of sp³-hybridized carbons (Fsp3) is 0.346. The maximum atomic E-state index is 13.2. The summed E-state index contributed by atoms with van der Waals surface area (Å²) in [6.07, 6.45) is 1.44. The number of nitrogens with one attached hydrogen (secondary N) is 1. The second-order valence-corrected chi connectivity index (χ2v) is 8.94. The van der Waals surface area contributed by atoms with Crippen LogP contribution in [0.25, 0.3) is 21.9 Å². The maximum absolute atomic E-state index is 13.2. The van der Waals surface area contributed by atoms with E-state index in [0.29, 0.717) is 41.1 Å². The van der Waals surface area contributed by atoms with Crippen molar-refractivity contribution in [3.05, 3.63) is 58.1 Å². The summed E-state index contributed by atoms with van der Waals surface area (Å²) < 4.78 is 12.1. The third kappa shape index (κ3) is 4.07. The van der Waals surface area contributed by atoms with Crippen LogP contribution in [0.4, 0.5) is 5.69 Å². The molecule has 1 amide bonds. The van der Waals surface area contributed by atoms with Crippen molar-refractivity contribution in [1.29, 1.82) is 0 Å². The summed E-state index contributed by atoms with van der Waals surface area (Å²) in [4.78, 5) is 38.0. The number of H-pyrrole nitrogens is 1. The van der Waals surface area contributed by atoms with Gasteiger partial charge in [-0.25, -0.2) is 4.98 Å². The number of rotatable bonds is 5. The zero-order chi connectivity index (χ0) is 24.7.